The monoisotopic (exact) mass is 420 g/mol. The van der Waals surface area contributed by atoms with Crippen molar-refractivity contribution < 1.29 is 0 Å². The summed E-state index contributed by atoms with van der Waals surface area (Å²) >= 11 is 0. The van der Waals surface area contributed by atoms with Crippen LogP contribution in [0.1, 0.15) is 5.56 Å². The Morgan fingerprint density at radius 1 is 1.13 bits per heavy atom. The molecule has 0 radical (unpaired) electrons. The minimum atomic E-state index is 0. The molecule has 3 rings (SSSR count). The van der Waals surface area contributed by atoms with Gasteiger partial charge in [0.05, 0.1) is 6.54 Å². The third-order valence-electron chi connectivity index (χ3n) is 3.09. The lowest BCUT2D eigenvalue weighted by atomic mass is 10.1. The van der Waals surface area contributed by atoms with E-state index in [4.69, 9.17) is 5.73 Å². The van der Waals surface area contributed by atoms with Crippen molar-refractivity contribution in [3.05, 3.63) is 66.5 Å². The van der Waals surface area contributed by atoms with Crippen LogP contribution in [-0.4, -0.2) is 21.1 Å². The zero-order valence-electron chi connectivity index (χ0n) is 12.3. The summed E-state index contributed by atoms with van der Waals surface area (Å²) in [4.78, 5) is 8.49. The van der Waals surface area contributed by atoms with Crippen LogP contribution in [0, 0.1) is 0 Å². The average Bonchev–Trinajstić information content (AvgIpc) is 3.09. The van der Waals surface area contributed by atoms with Gasteiger partial charge in [-0.1, -0.05) is 36.4 Å². The number of nitrogens with two attached hydrogens (primary N) is 1. The van der Waals surface area contributed by atoms with Crippen LogP contribution in [0.3, 0.4) is 0 Å². The van der Waals surface area contributed by atoms with Crippen LogP contribution in [0.4, 0.5) is 5.69 Å². The van der Waals surface area contributed by atoms with Gasteiger partial charge in [0, 0.05) is 11.3 Å². The maximum Gasteiger partial charge on any atom is 0.193 e. The topological polar surface area (TPSA) is 92.0 Å². The van der Waals surface area contributed by atoms with Crippen molar-refractivity contribution in [2.75, 3.05) is 5.32 Å². The fourth-order valence-electron chi connectivity index (χ4n) is 2.05. The van der Waals surface area contributed by atoms with Crippen molar-refractivity contribution in [2.45, 2.75) is 6.54 Å². The second kappa shape index (κ2) is 8.28. The van der Waals surface area contributed by atoms with Gasteiger partial charge >= 0.3 is 0 Å². The average molecular weight is 420 g/mol. The molecule has 2 aromatic carbocycles. The predicted molar refractivity (Wildman–Crippen MR) is 103 cm³/mol. The normalized spacial score (nSPS) is 10.9. The van der Waals surface area contributed by atoms with E-state index in [1.165, 1.54) is 6.33 Å². The van der Waals surface area contributed by atoms with E-state index in [9.17, 15) is 0 Å². The molecule has 0 spiro atoms. The summed E-state index contributed by atoms with van der Waals surface area (Å²) < 4.78 is 0. The summed E-state index contributed by atoms with van der Waals surface area (Å²) in [6.45, 7) is 0.494. The molecule has 7 heteroatoms. The first kappa shape index (κ1) is 16.9. The molecule has 0 aliphatic heterocycles. The number of guanidine groups is 1. The number of benzene rings is 2. The summed E-state index contributed by atoms with van der Waals surface area (Å²) in [7, 11) is 0. The fraction of sp³-hybridized carbons (Fsp3) is 0.0625. The number of nitrogens with one attached hydrogen (secondary N) is 2. The first-order valence-electron chi connectivity index (χ1n) is 6.88. The first-order chi connectivity index (χ1) is 10.8. The van der Waals surface area contributed by atoms with Gasteiger partial charge in [0.25, 0.3) is 0 Å². The molecule has 0 aliphatic carbocycles. The number of nitrogens with zero attached hydrogens (tertiary/aromatic N) is 3. The minimum absolute atomic E-state index is 0. The Bertz CT molecular complexity index is 755. The molecule has 0 amide bonds. The van der Waals surface area contributed by atoms with Gasteiger partial charge in [-0.3, -0.25) is 5.10 Å². The van der Waals surface area contributed by atoms with Gasteiger partial charge in [0.2, 0.25) is 0 Å². The van der Waals surface area contributed by atoms with E-state index in [2.05, 4.69) is 25.5 Å². The quantitative estimate of drug-likeness (QED) is 0.344. The lowest BCUT2D eigenvalue weighted by molar-refractivity contribution is 1.06. The summed E-state index contributed by atoms with van der Waals surface area (Å²) in [6, 6.07) is 17.7. The molecule has 0 saturated heterocycles. The Kier molecular flexibility index (Phi) is 6.10. The second-order valence-electron chi connectivity index (χ2n) is 4.73. The van der Waals surface area contributed by atoms with Crippen molar-refractivity contribution in [3.63, 3.8) is 0 Å². The predicted octanol–water partition coefficient (Wildman–Crippen LogP) is 3.02. The van der Waals surface area contributed by atoms with Gasteiger partial charge < -0.3 is 11.1 Å². The SMILES string of the molecule is I.NC(=NCc1cccc(-c2ncn[nH]2)c1)Nc1ccccc1. The molecule has 1 heterocycles. The number of H-pyrrole nitrogens is 1. The Balaban J connectivity index is 0.00000192. The van der Waals surface area contributed by atoms with E-state index in [1.54, 1.807) is 0 Å². The summed E-state index contributed by atoms with van der Waals surface area (Å²) in [5, 5.41) is 9.75. The Morgan fingerprint density at radius 2 is 1.96 bits per heavy atom. The maximum absolute atomic E-state index is 5.90. The van der Waals surface area contributed by atoms with Gasteiger partial charge in [-0.15, -0.1) is 24.0 Å². The molecule has 3 aromatic rings. The van der Waals surface area contributed by atoms with E-state index in [1.807, 2.05) is 54.6 Å². The van der Waals surface area contributed by atoms with Crippen LogP contribution in [0.15, 0.2) is 65.9 Å². The number of para-hydroxylation sites is 1. The van der Waals surface area contributed by atoms with Crippen molar-refractivity contribution >= 4 is 35.6 Å². The number of anilines is 1. The van der Waals surface area contributed by atoms with E-state index in [-0.39, 0.29) is 24.0 Å². The van der Waals surface area contributed by atoms with Gasteiger partial charge in [-0.2, -0.15) is 5.10 Å². The summed E-state index contributed by atoms with van der Waals surface area (Å²) in [5.74, 6) is 1.12. The second-order valence-corrected chi connectivity index (χ2v) is 4.73. The van der Waals surface area contributed by atoms with Gasteiger partial charge in [-0.05, 0) is 23.8 Å². The van der Waals surface area contributed by atoms with Crippen molar-refractivity contribution in [3.8, 4) is 11.4 Å². The number of aromatic nitrogens is 3. The Labute approximate surface area is 151 Å². The highest BCUT2D eigenvalue weighted by atomic mass is 127. The molecule has 0 aliphatic rings. The molecule has 0 unspecified atom stereocenters. The van der Waals surface area contributed by atoms with Crippen LogP contribution in [0.5, 0.6) is 0 Å². The fourth-order valence-corrected chi connectivity index (χ4v) is 2.05. The zero-order chi connectivity index (χ0) is 15.2. The van der Waals surface area contributed by atoms with Gasteiger partial charge in [0.15, 0.2) is 11.8 Å². The van der Waals surface area contributed by atoms with Crippen LogP contribution >= 0.6 is 24.0 Å². The number of halogens is 1. The minimum Gasteiger partial charge on any atom is -0.370 e. The lowest BCUT2D eigenvalue weighted by Gasteiger charge is -2.05. The highest BCUT2D eigenvalue weighted by Gasteiger charge is 2.01. The Morgan fingerprint density at radius 3 is 2.70 bits per heavy atom. The van der Waals surface area contributed by atoms with Crippen LogP contribution < -0.4 is 11.1 Å². The standard InChI is InChI=1S/C16H16N6.HI/c17-16(21-14-7-2-1-3-8-14)18-10-12-5-4-6-13(9-12)15-19-11-20-22-15;/h1-9,11H,10H2,(H3,17,18,21)(H,19,20,22);1H. The number of rotatable bonds is 4. The number of aliphatic imine (C=N–C) groups is 1. The van der Waals surface area contributed by atoms with Gasteiger partial charge in [-0.25, -0.2) is 9.98 Å². The van der Waals surface area contributed by atoms with Gasteiger partial charge in [0.1, 0.15) is 6.33 Å². The van der Waals surface area contributed by atoms with Crippen LogP contribution in [-0.2, 0) is 6.54 Å². The molecular formula is C16H17IN6. The third-order valence-corrected chi connectivity index (χ3v) is 3.09. The number of aromatic amines is 1. The van der Waals surface area contributed by atoms with E-state index < -0.39 is 0 Å². The molecule has 0 fully saturated rings. The molecule has 6 nitrogen and oxygen atoms in total. The van der Waals surface area contributed by atoms with E-state index in [0.717, 1.165) is 22.6 Å². The lowest BCUT2D eigenvalue weighted by Crippen LogP contribution is -2.22. The molecule has 0 saturated carbocycles. The Hall–Kier alpha value is -2.42. The molecule has 4 N–H and O–H groups in total. The molecule has 0 atom stereocenters. The van der Waals surface area contributed by atoms with Crippen LogP contribution in [0.25, 0.3) is 11.4 Å². The highest BCUT2D eigenvalue weighted by Crippen LogP contribution is 2.16. The number of hydrogen-bond acceptors (Lipinski definition) is 3. The molecule has 0 bridgehead atoms. The van der Waals surface area contributed by atoms with Crippen LogP contribution in [0.2, 0.25) is 0 Å². The number of hydrogen-bond donors (Lipinski definition) is 3. The van der Waals surface area contributed by atoms with E-state index >= 15 is 0 Å². The molecule has 23 heavy (non-hydrogen) atoms. The van der Waals surface area contributed by atoms with Crippen molar-refractivity contribution in [1.82, 2.24) is 15.2 Å². The largest absolute Gasteiger partial charge is 0.370 e. The smallest absolute Gasteiger partial charge is 0.193 e. The first-order valence-corrected chi connectivity index (χ1v) is 6.88. The molecule has 118 valence electrons. The molecule has 1 aromatic heterocycles. The third kappa shape index (κ3) is 4.78. The molecular weight excluding hydrogens is 403 g/mol. The maximum atomic E-state index is 5.90. The van der Waals surface area contributed by atoms with Crippen molar-refractivity contribution in [2.24, 2.45) is 10.7 Å². The summed E-state index contributed by atoms with van der Waals surface area (Å²) in [6.07, 6.45) is 1.49. The van der Waals surface area contributed by atoms with Crippen molar-refractivity contribution in [1.29, 1.82) is 0 Å². The highest BCUT2D eigenvalue weighted by molar-refractivity contribution is 14.0. The summed E-state index contributed by atoms with van der Waals surface area (Å²) in [5.41, 5.74) is 8.83. The zero-order valence-corrected chi connectivity index (χ0v) is 14.6. The van der Waals surface area contributed by atoms with E-state index in [0.29, 0.717) is 12.5 Å².